The number of hydrogen-bond acceptors (Lipinski definition) is 5. The van der Waals surface area contributed by atoms with Crippen molar-refractivity contribution >= 4 is 17.3 Å². The number of hydrogen-bond donors (Lipinski definition) is 3. The zero-order valence-corrected chi connectivity index (χ0v) is 17.4. The van der Waals surface area contributed by atoms with Crippen LogP contribution in [0.5, 0.6) is 5.75 Å². The Hall–Kier alpha value is -3.46. The SMILES string of the molecule is COc1c(F)cccc1Nc1c(-c2ccncc2F)[nH]c2c1C(=O)NC[C@@H]2C[C@@H]1CCO1. The number of ether oxygens (including phenoxy) is 2. The summed E-state index contributed by atoms with van der Waals surface area (Å²) in [5.41, 5.74) is 2.39. The zero-order valence-electron chi connectivity index (χ0n) is 17.4. The molecule has 1 aromatic carbocycles. The average molecular weight is 440 g/mol. The van der Waals surface area contributed by atoms with Crippen molar-refractivity contribution < 1.29 is 23.0 Å². The molecule has 2 aromatic heterocycles. The van der Waals surface area contributed by atoms with Gasteiger partial charge in [-0.1, -0.05) is 6.07 Å². The number of carbonyl (C=O) groups excluding carboxylic acids is 1. The number of benzene rings is 1. The molecule has 7 nitrogen and oxygen atoms in total. The number of halogens is 2. The van der Waals surface area contributed by atoms with E-state index in [0.717, 1.165) is 25.6 Å². The van der Waals surface area contributed by atoms with Gasteiger partial charge in [0, 0.05) is 36.5 Å². The van der Waals surface area contributed by atoms with E-state index >= 15 is 0 Å². The topological polar surface area (TPSA) is 88.3 Å². The van der Waals surface area contributed by atoms with E-state index in [2.05, 4.69) is 20.6 Å². The van der Waals surface area contributed by atoms with Crippen LogP contribution < -0.4 is 15.4 Å². The van der Waals surface area contributed by atoms with Gasteiger partial charge in [-0.25, -0.2) is 8.78 Å². The predicted molar refractivity (Wildman–Crippen MR) is 114 cm³/mol. The molecule has 0 radical (unpaired) electrons. The highest BCUT2D eigenvalue weighted by Crippen LogP contribution is 2.43. The van der Waals surface area contributed by atoms with Crippen LogP contribution in [-0.2, 0) is 4.74 Å². The molecule has 1 saturated heterocycles. The molecule has 0 saturated carbocycles. The van der Waals surface area contributed by atoms with Crippen LogP contribution >= 0.6 is 0 Å². The molecule has 1 amide bonds. The third kappa shape index (κ3) is 3.48. The van der Waals surface area contributed by atoms with Crippen molar-refractivity contribution in [2.45, 2.75) is 24.9 Å². The summed E-state index contributed by atoms with van der Waals surface area (Å²) in [6, 6.07) is 5.97. The lowest BCUT2D eigenvalue weighted by molar-refractivity contribution is -0.0582. The number of aromatic amines is 1. The fraction of sp³-hybridized carbons (Fsp3) is 0.304. The number of pyridine rings is 1. The summed E-state index contributed by atoms with van der Waals surface area (Å²) >= 11 is 0. The smallest absolute Gasteiger partial charge is 0.255 e. The first-order chi connectivity index (χ1) is 15.6. The third-order valence-electron chi connectivity index (χ3n) is 5.99. The van der Waals surface area contributed by atoms with Gasteiger partial charge in [-0.05, 0) is 31.0 Å². The summed E-state index contributed by atoms with van der Waals surface area (Å²) in [4.78, 5) is 20.1. The number of carbonyl (C=O) groups is 1. The number of fused-ring (bicyclic) bond motifs is 1. The number of nitrogens with one attached hydrogen (secondary N) is 3. The highest BCUT2D eigenvalue weighted by Gasteiger charge is 2.36. The van der Waals surface area contributed by atoms with Crippen LogP contribution in [-0.4, -0.2) is 42.2 Å². The minimum Gasteiger partial charge on any atom is -0.492 e. The van der Waals surface area contributed by atoms with Gasteiger partial charge in [0.1, 0.15) is 0 Å². The van der Waals surface area contributed by atoms with Gasteiger partial charge in [0.15, 0.2) is 17.4 Å². The van der Waals surface area contributed by atoms with Crippen molar-refractivity contribution in [2.24, 2.45) is 0 Å². The van der Waals surface area contributed by atoms with Gasteiger partial charge in [0.25, 0.3) is 5.91 Å². The Morgan fingerprint density at radius 3 is 2.84 bits per heavy atom. The maximum atomic E-state index is 14.7. The Morgan fingerprint density at radius 2 is 2.12 bits per heavy atom. The number of amides is 1. The van der Waals surface area contributed by atoms with Crippen molar-refractivity contribution in [3.63, 3.8) is 0 Å². The van der Waals surface area contributed by atoms with Crippen LogP contribution in [0.2, 0.25) is 0 Å². The fourth-order valence-corrected chi connectivity index (χ4v) is 4.31. The number of H-pyrrole nitrogens is 1. The van der Waals surface area contributed by atoms with Crippen LogP contribution in [0.4, 0.5) is 20.2 Å². The van der Waals surface area contributed by atoms with Gasteiger partial charge in [0.2, 0.25) is 0 Å². The molecule has 2 aliphatic rings. The second kappa shape index (κ2) is 8.23. The number of methoxy groups -OCH3 is 1. The Kier molecular flexibility index (Phi) is 5.26. The number of rotatable bonds is 6. The van der Waals surface area contributed by atoms with E-state index in [-0.39, 0.29) is 29.2 Å². The molecule has 0 aliphatic carbocycles. The fourth-order valence-electron chi connectivity index (χ4n) is 4.31. The van der Waals surface area contributed by atoms with E-state index < -0.39 is 11.6 Å². The van der Waals surface area contributed by atoms with Crippen LogP contribution in [0.25, 0.3) is 11.3 Å². The van der Waals surface area contributed by atoms with E-state index in [1.54, 1.807) is 6.07 Å². The molecule has 4 heterocycles. The van der Waals surface area contributed by atoms with Crippen LogP contribution in [0.3, 0.4) is 0 Å². The van der Waals surface area contributed by atoms with Crippen LogP contribution in [0.15, 0.2) is 36.7 Å². The molecule has 32 heavy (non-hydrogen) atoms. The third-order valence-corrected chi connectivity index (χ3v) is 5.99. The highest BCUT2D eigenvalue weighted by atomic mass is 19.1. The largest absolute Gasteiger partial charge is 0.492 e. The molecule has 1 fully saturated rings. The minimum atomic E-state index is -0.553. The van der Waals surface area contributed by atoms with Gasteiger partial charge >= 0.3 is 0 Å². The minimum absolute atomic E-state index is 0.000707. The molecule has 3 aromatic rings. The lowest BCUT2D eigenvalue weighted by atomic mass is 9.89. The van der Waals surface area contributed by atoms with Crippen molar-refractivity contribution in [1.82, 2.24) is 15.3 Å². The van der Waals surface area contributed by atoms with E-state index in [0.29, 0.717) is 34.9 Å². The molecule has 0 bridgehead atoms. The molecule has 9 heteroatoms. The molecular formula is C23H22F2N4O3. The van der Waals surface area contributed by atoms with Crippen molar-refractivity contribution in [3.05, 3.63) is 59.6 Å². The molecule has 0 spiro atoms. The Labute approximate surface area is 183 Å². The number of anilines is 2. The lowest BCUT2D eigenvalue weighted by Crippen LogP contribution is -2.38. The van der Waals surface area contributed by atoms with Gasteiger partial charge in [-0.3, -0.25) is 9.78 Å². The normalized spacial score (nSPS) is 19.7. The van der Waals surface area contributed by atoms with E-state index in [1.165, 1.54) is 31.5 Å². The number of aromatic nitrogens is 2. The second-order valence-electron chi connectivity index (χ2n) is 7.89. The van der Waals surface area contributed by atoms with E-state index in [4.69, 9.17) is 9.47 Å². The quantitative estimate of drug-likeness (QED) is 0.537. The summed E-state index contributed by atoms with van der Waals surface area (Å²) < 4.78 is 39.8. The highest BCUT2D eigenvalue weighted by molar-refractivity contribution is 6.06. The summed E-state index contributed by atoms with van der Waals surface area (Å²) in [5.74, 6) is -1.41. The van der Waals surface area contributed by atoms with E-state index in [1.807, 2.05) is 0 Å². The van der Waals surface area contributed by atoms with Gasteiger partial charge in [-0.15, -0.1) is 0 Å². The van der Waals surface area contributed by atoms with Gasteiger partial charge < -0.3 is 25.1 Å². The summed E-state index contributed by atoms with van der Waals surface area (Å²) in [6.45, 7) is 1.19. The van der Waals surface area contributed by atoms with Crippen LogP contribution in [0.1, 0.15) is 34.8 Å². The first kappa shape index (κ1) is 20.4. The van der Waals surface area contributed by atoms with E-state index in [9.17, 15) is 13.6 Å². The number of nitrogens with zero attached hydrogens (tertiary/aromatic N) is 1. The summed E-state index contributed by atoms with van der Waals surface area (Å²) in [5, 5.41) is 6.05. The van der Waals surface area contributed by atoms with Crippen LogP contribution in [0, 0.1) is 11.6 Å². The summed E-state index contributed by atoms with van der Waals surface area (Å²) in [7, 11) is 1.36. The monoisotopic (exact) mass is 440 g/mol. The molecular weight excluding hydrogens is 418 g/mol. The molecule has 166 valence electrons. The van der Waals surface area contributed by atoms with Crippen molar-refractivity contribution in [2.75, 3.05) is 25.6 Å². The number of para-hydroxylation sites is 1. The van der Waals surface area contributed by atoms with Gasteiger partial charge in [0.05, 0.1) is 42.0 Å². The first-order valence-electron chi connectivity index (χ1n) is 10.4. The standard InChI is InChI=1S/C23H22F2N4O3/c1-31-22-15(24)3-2-4-17(22)28-21-18-19(29-20(21)14-5-7-26-11-16(14)25)12(10-27-23(18)30)9-13-6-8-32-13/h2-5,7,11-13,28-29H,6,8-10H2,1H3,(H,27,30)/t12-,13-/m0/s1. The maximum Gasteiger partial charge on any atom is 0.255 e. The molecule has 0 unspecified atom stereocenters. The summed E-state index contributed by atoms with van der Waals surface area (Å²) in [6.07, 6.45) is 4.42. The zero-order chi connectivity index (χ0) is 22.2. The molecule has 5 rings (SSSR count). The van der Waals surface area contributed by atoms with Gasteiger partial charge in [-0.2, -0.15) is 0 Å². The molecule has 3 N–H and O–H groups in total. The Morgan fingerprint density at radius 1 is 1.28 bits per heavy atom. The maximum absolute atomic E-state index is 14.7. The lowest BCUT2D eigenvalue weighted by Gasteiger charge is -2.32. The Bertz CT molecular complexity index is 1180. The average Bonchev–Trinajstić information content (AvgIpc) is 3.12. The Balaban J connectivity index is 1.66. The first-order valence-corrected chi connectivity index (χ1v) is 10.4. The second-order valence-corrected chi connectivity index (χ2v) is 7.89. The predicted octanol–water partition coefficient (Wildman–Crippen LogP) is 4.11. The van der Waals surface area contributed by atoms with Crippen molar-refractivity contribution in [1.29, 1.82) is 0 Å². The molecule has 2 atom stereocenters. The molecule has 2 aliphatic heterocycles. The van der Waals surface area contributed by atoms with Crippen molar-refractivity contribution in [3.8, 4) is 17.0 Å².